The number of rotatable bonds is 6. The summed E-state index contributed by atoms with van der Waals surface area (Å²) in [6.45, 7) is 4.13. The van der Waals surface area contributed by atoms with Gasteiger partial charge in [-0.15, -0.1) is 0 Å². The molecule has 31 heavy (non-hydrogen) atoms. The highest BCUT2D eigenvalue weighted by Crippen LogP contribution is 2.13. The number of piperidine rings is 1. The maximum absolute atomic E-state index is 12.0. The number of nitrogens with one attached hydrogen (secondary N) is 3. The molecule has 1 aliphatic rings. The number of furan rings is 1. The molecule has 0 unspecified atom stereocenters. The monoisotopic (exact) mass is 427 g/mol. The van der Waals surface area contributed by atoms with Crippen LogP contribution in [0.1, 0.15) is 35.9 Å². The van der Waals surface area contributed by atoms with Gasteiger partial charge in [-0.3, -0.25) is 9.79 Å². The lowest BCUT2D eigenvalue weighted by atomic mass is 10.1. The third-order valence-electron chi connectivity index (χ3n) is 5.00. The molecule has 3 rings (SSSR count). The van der Waals surface area contributed by atoms with E-state index >= 15 is 0 Å². The predicted octanol–water partition coefficient (Wildman–Crippen LogP) is 2.82. The molecule has 2 aromatic rings. The van der Waals surface area contributed by atoms with E-state index in [2.05, 4.69) is 20.9 Å². The number of carbonyl (C=O) groups is 2. The van der Waals surface area contributed by atoms with Crippen LogP contribution in [0.4, 0.5) is 10.5 Å². The van der Waals surface area contributed by atoms with Crippen LogP contribution in [-0.2, 0) is 11.3 Å². The first-order valence-corrected chi connectivity index (χ1v) is 10.4. The second-order valence-electron chi connectivity index (χ2n) is 7.16. The predicted molar refractivity (Wildman–Crippen MR) is 118 cm³/mol. The van der Waals surface area contributed by atoms with E-state index in [1.54, 1.807) is 24.1 Å². The second-order valence-corrected chi connectivity index (χ2v) is 7.16. The van der Waals surface area contributed by atoms with Crippen LogP contribution < -0.4 is 16.0 Å². The summed E-state index contributed by atoms with van der Waals surface area (Å²) in [7, 11) is 1.73. The molecule has 1 aliphatic heterocycles. The number of carbonyl (C=O) groups excluding carboxylic acids is 2. The minimum Gasteiger partial charge on any atom is -0.459 e. The zero-order valence-corrected chi connectivity index (χ0v) is 17.9. The Kier molecular flexibility index (Phi) is 7.91. The normalized spacial score (nSPS) is 14.8. The molecule has 1 aromatic carbocycles. The molecule has 1 aromatic heterocycles. The first kappa shape index (κ1) is 22.2. The number of hydrogen-bond donors (Lipinski definition) is 3. The summed E-state index contributed by atoms with van der Waals surface area (Å²) in [4.78, 5) is 29.9. The number of hydrogen-bond acceptors (Lipinski definition) is 5. The van der Waals surface area contributed by atoms with Crippen LogP contribution in [0.5, 0.6) is 0 Å². The van der Waals surface area contributed by atoms with E-state index in [0.29, 0.717) is 37.9 Å². The molecule has 0 radical (unpaired) electrons. The summed E-state index contributed by atoms with van der Waals surface area (Å²) in [5, 5.41) is 9.51. The molecule has 3 N–H and O–H groups in total. The van der Waals surface area contributed by atoms with Crippen LogP contribution in [-0.4, -0.2) is 55.6 Å². The molecule has 1 saturated heterocycles. The van der Waals surface area contributed by atoms with Crippen molar-refractivity contribution in [1.82, 2.24) is 15.5 Å². The summed E-state index contributed by atoms with van der Waals surface area (Å²) in [5.74, 6) is 0.702. The number of ether oxygens (including phenoxy) is 1. The van der Waals surface area contributed by atoms with Crippen LogP contribution in [0.2, 0.25) is 0 Å². The lowest BCUT2D eigenvalue weighted by Crippen LogP contribution is -2.49. The molecular weight excluding hydrogens is 398 g/mol. The Morgan fingerprint density at radius 1 is 1.19 bits per heavy atom. The Morgan fingerprint density at radius 2 is 1.94 bits per heavy atom. The average molecular weight is 428 g/mol. The van der Waals surface area contributed by atoms with E-state index in [-0.39, 0.29) is 23.8 Å². The number of nitrogens with zero attached hydrogens (tertiary/aromatic N) is 2. The molecular formula is C22H29N5O4. The van der Waals surface area contributed by atoms with Gasteiger partial charge in [0.1, 0.15) is 0 Å². The highest BCUT2D eigenvalue weighted by Gasteiger charge is 2.24. The van der Waals surface area contributed by atoms with Crippen molar-refractivity contribution in [1.29, 1.82) is 0 Å². The zero-order valence-electron chi connectivity index (χ0n) is 17.9. The van der Waals surface area contributed by atoms with Gasteiger partial charge in [-0.1, -0.05) is 12.1 Å². The van der Waals surface area contributed by atoms with Crippen molar-refractivity contribution in [2.45, 2.75) is 32.4 Å². The fourth-order valence-corrected chi connectivity index (χ4v) is 3.30. The lowest BCUT2D eigenvalue weighted by Gasteiger charge is -2.32. The van der Waals surface area contributed by atoms with Crippen LogP contribution in [0.15, 0.2) is 52.1 Å². The highest BCUT2D eigenvalue weighted by molar-refractivity contribution is 6.02. The molecule has 0 atom stereocenters. The molecule has 0 bridgehead atoms. The number of anilines is 1. The molecule has 9 nitrogen and oxygen atoms in total. The molecule has 2 amide bonds. The van der Waals surface area contributed by atoms with Crippen LogP contribution in [0.25, 0.3) is 0 Å². The molecule has 0 saturated carbocycles. The van der Waals surface area contributed by atoms with Crippen molar-refractivity contribution >= 4 is 23.6 Å². The Morgan fingerprint density at radius 3 is 2.55 bits per heavy atom. The second kappa shape index (κ2) is 11.1. The fourth-order valence-electron chi connectivity index (χ4n) is 3.30. The minimum absolute atomic E-state index is 0.243. The molecule has 2 heterocycles. The van der Waals surface area contributed by atoms with Gasteiger partial charge in [-0.25, -0.2) is 4.79 Å². The summed E-state index contributed by atoms with van der Waals surface area (Å²) >= 11 is 0. The lowest BCUT2D eigenvalue weighted by molar-refractivity contribution is 0.0961. The SMILES string of the molecule is CCOC(=O)N1CCC(NC(=NC)NCc2ccc(NC(=O)c3ccco3)cc2)CC1. The van der Waals surface area contributed by atoms with Gasteiger partial charge in [0.05, 0.1) is 12.9 Å². The van der Waals surface area contributed by atoms with Crippen molar-refractivity contribution in [2.24, 2.45) is 4.99 Å². The maximum Gasteiger partial charge on any atom is 0.409 e. The molecule has 166 valence electrons. The van der Waals surface area contributed by atoms with Gasteiger partial charge in [0.2, 0.25) is 0 Å². The van der Waals surface area contributed by atoms with Crippen LogP contribution >= 0.6 is 0 Å². The summed E-state index contributed by atoms with van der Waals surface area (Å²) < 4.78 is 10.1. The van der Waals surface area contributed by atoms with Gasteiger partial charge in [-0.2, -0.15) is 0 Å². The van der Waals surface area contributed by atoms with Gasteiger partial charge in [0.15, 0.2) is 11.7 Å². The van der Waals surface area contributed by atoms with Gasteiger partial charge in [0, 0.05) is 38.4 Å². The first-order valence-electron chi connectivity index (χ1n) is 10.4. The number of amides is 2. The van der Waals surface area contributed by atoms with Gasteiger partial charge >= 0.3 is 6.09 Å². The van der Waals surface area contributed by atoms with Crippen molar-refractivity contribution < 1.29 is 18.7 Å². The van der Waals surface area contributed by atoms with Gasteiger partial charge in [-0.05, 0) is 49.6 Å². The Bertz CT molecular complexity index is 872. The maximum atomic E-state index is 12.0. The smallest absolute Gasteiger partial charge is 0.409 e. The third kappa shape index (κ3) is 6.50. The van der Waals surface area contributed by atoms with E-state index < -0.39 is 0 Å². The Labute approximate surface area is 181 Å². The Balaban J connectivity index is 1.42. The first-order chi connectivity index (χ1) is 15.1. The standard InChI is InChI=1S/C22H29N5O4/c1-3-30-22(29)27-12-10-18(11-13-27)26-21(23-2)24-15-16-6-8-17(9-7-16)25-20(28)19-5-4-14-31-19/h4-9,14,18H,3,10-13,15H2,1-2H3,(H,25,28)(H2,23,24,26). The van der Waals surface area contributed by atoms with E-state index in [1.807, 2.05) is 31.2 Å². The van der Waals surface area contributed by atoms with E-state index in [0.717, 1.165) is 18.4 Å². The number of likely N-dealkylation sites (tertiary alicyclic amines) is 1. The van der Waals surface area contributed by atoms with Crippen LogP contribution in [0, 0.1) is 0 Å². The molecule has 1 fully saturated rings. The topological polar surface area (TPSA) is 108 Å². The zero-order chi connectivity index (χ0) is 22.1. The van der Waals surface area contributed by atoms with Crippen molar-refractivity contribution in [3.8, 4) is 0 Å². The summed E-state index contributed by atoms with van der Waals surface area (Å²) in [5.41, 5.74) is 1.75. The third-order valence-corrected chi connectivity index (χ3v) is 5.00. The van der Waals surface area contributed by atoms with Crippen molar-refractivity contribution in [3.63, 3.8) is 0 Å². The number of guanidine groups is 1. The highest BCUT2D eigenvalue weighted by atomic mass is 16.6. The fraction of sp³-hybridized carbons (Fsp3) is 0.409. The Hall–Kier alpha value is -3.49. The molecule has 0 spiro atoms. The summed E-state index contributed by atoms with van der Waals surface area (Å²) in [6, 6.07) is 11.1. The molecule has 9 heteroatoms. The largest absolute Gasteiger partial charge is 0.459 e. The van der Waals surface area contributed by atoms with E-state index in [1.165, 1.54) is 6.26 Å². The number of benzene rings is 1. The molecule has 0 aliphatic carbocycles. The van der Waals surface area contributed by atoms with Crippen molar-refractivity contribution in [3.05, 3.63) is 54.0 Å². The van der Waals surface area contributed by atoms with Crippen molar-refractivity contribution in [2.75, 3.05) is 32.1 Å². The van der Waals surface area contributed by atoms with E-state index in [4.69, 9.17) is 9.15 Å². The average Bonchev–Trinajstić information content (AvgIpc) is 3.33. The summed E-state index contributed by atoms with van der Waals surface area (Å²) in [6.07, 6.45) is 2.90. The minimum atomic E-state index is -0.283. The van der Waals surface area contributed by atoms with E-state index in [9.17, 15) is 9.59 Å². The van der Waals surface area contributed by atoms with Gasteiger partial charge in [0.25, 0.3) is 5.91 Å². The van der Waals surface area contributed by atoms with Crippen LogP contribution in [0.3, 0.4) is 0 Å². The quantitative estimate of drug-likeness (QED) is 0.483. The number of aliphatic imine (C=N–C) groups is 1. The van der Waals surface area contributed by atoms with Gasteiger partial charge < -0.3 is 30.0 Å².